The van der Waals surface area contributed by atoms with E-state index in [-0.39, 0.29) is 12.0 Å². The van der Waals surface area contributed by atoms with Crippen molar-refractivity contribution in [3.05, 3.63) is 58.9 Å². The van der Waals surface area contributed by atoms with Crippen molar-refractivity contribution < 1.29 is 13.2 Å². The van der Waals surface area contributed by atoms with Crippen molar-refractivity contribution in [1.82, 2.24) is 9.71 Å². The number of hydrogen-bond acceptors (Lipinski definition) is 4. The Bertz CT molecular complexity index is 827. The molecule has 5 nitrogen and oxygen atoms in total. The number of hydrogen-bond donors (Lipinski definition) is 1. The summed E-state index contributed by atoms with van der Waals surface area (Å²) in [5.74, 6) is 0.114. The molecule has 1 fully saturated rings. The number of ether oxygens (including phenoxy) is 1. The van der Waals surface area contributed by atoms with Gasteiger partial charge in [-0.1, -0.05) is 17.7 Å². The summed E-state index contributed by atoms with van der Waals surface area (Å²) in [5.41, 5.74) is 3.75. The lowest BCUT2D eigenvalue weighted by Gasteiger charge is -2.21. The molecule has 0 saturated carbocycles. The van der Waals surface area contributed by atoms with Crippen LogP contribution in [-0.4, -0.2) is 32.7 Å². The van der Waals surface area contributed by atoms with Crippen molar-refractivity contribution in [2.45, 2.75) is 38.1 Å². The molecule has 25 heavy (non-hydrogen) atoms. The molecule has 2 aromatic rings. The van der Waals surface area contributed by atoms with Gasteiger partial charge in [0.2, 0.25) is 10.0 Å². The molecule has 0 spiro atoms. The van der Waals surface area contributed by atoms with Gasteiger partial charge >= 0.3 is 0 Å². The molecule has 0 radical (unpaired) electrons. The standard InChI is InChI=1S/C19H24N2O3S/c1-13-8-14(2)19(15(3)9-13)25(22,23)21-18-12-24-11-17(18)10-16-4-6-20-7-5-16/h4-9,17-18,21H,10-12H2,1-3H3/t17-,18+/m1/s1. The maximum Gasteiger partial charge on any atom is 0.241 e. The Kier molecular flexibility index (Phi) is 5.22. The highest BCUT2D eigenvalue weighted by molar-refractivity contribution is 7.89. The minimum atomic E-state index is -3.59. The molecule has 6 heteroatoms. The molecule has 1 N–H and O–H groups in total. The first kappa shape index (κ1) is 18.0. The molecule has 1 aliphatic rings. The van der Waals surface area contributed by atoms with Gasteiger partial charge in [0.1, 0.15) is 0 Å². The first-order valence-corrected chi connectivity index (χ1v) is 9.92. The van der Waals surface area contributed by atoms with Gasteiger partial charge in [0.05, 0.1) is 24.2 Å². The first-order valence-electron chi connectivity index (χ1n) is 8.43. The van der Waals surface area contributed by atoms with Crippen LogP contribution in [0.4, 0.5) is 0 Å². The number of aromatic nitrogens is 1. The van der Waals surface area contributed by atoms with Crippen molar-refractivity contribution in [2.75, 3.05) is 13.2 Å². The zero-order valence-corrected chi connectivity index (χ0v) is 15.6. The Hall–Kier alpha value is -1.76. The van der Waals surface area contributed by atoms with Gasteiger partial charge in [-0.15, -0.1) is 0 Å². The molecule has 1 aromatic heterocycles. The van der Waals surface area contributed by atoms with E-state index < -0.39 is 10.0 Å². The van der Waals surface area contributed by atoms with E-state index in [2.05, 4.69) is 9.71 Å². The number of rotatable bonds is 5. The number of aryl methyl sites for hydroxylation is 3. The van der Waals surface area contributed by atoms with Crippen LogP contribution in [0.5, 0.6) is 0 Å². The molecular formula is C19H24N2O3S. The van der Waals surface area contributed by atoms with E-state index in [4.69, 9.17) is 4.74 Å². The highest BCUT2D eigenvalue weighted by Crippen LogP contribution is 2.25. The summed E-state index contributed by atoms with van der Waals surface area (Å²) >= 11 is 0. The van der Waals surface area contributed by atoms with Crippen LogP contribution in [0.2, 0.25) is 0 Å². The van der Waals surface area contributed by atoms with Crippen LogP contribution in [0.1, 0.15) is 22.3 Å². The van der Waals surface area contributed by atoms with Gasteiger partial charge in [0, 0.05) is 18.3 Å². The molecule has 0 aliphatic carbocycles. The lowest BCUT2D eigenvalue weighted by atomic mass is 9.96. The van der Waals surface area contributed by atoms with Crippen LogP contribution in [0, 0.1) is 26.7 Å². The number of pyridine rings is 1. The summed E-state index contributed by atoms with van der Waals surface area (Å²) in [7, 11) is -3.59. The van der Waals surface area contributed by atoms with E-state index in [9.17, 15) is 8.42 Å². The van der Waals surface area contributed by atoms with Crippen LogP contribution in [0.15, 0.2) is 41.6 Å². The van der Waals surface area contributed by atoms with Crippen molar-refractivity contribution in [3.63, 3.8) is 0 Å². The minimum absolute atomic E-state index is 0.114. The monoisotopic (exact) mass is 360 g/mol. The summed E-state index contributed by atoms with van der Waals surface area (Å²) in [6.07, 6.45) is 4.27. The lowest BCUT2D eigenvalue weighted by Crippen LogP contribution is -2.41. The fourth-order valence-electron chi connectivity index (χ4n) is 3.60. The van der Waals surface area contributed by atoms with Gasteiger partial charge < -0.3 is 4.74 Å². The molecule has 134 valence electrons. The third kappa shape index (κ3) is 4.08. The zero-order chi connectivity index (χ0) is 18.0. The average Bonchev–Trinajstić information content (AvgIpc) is 2.93. The van der Waals surface area contributed by atoms with Crippen molar-refractivity contribution in [1.29, 1.82) is 0 Å². The van der Waals surface area contributed by atoms with E-state index in [0.29, 0.717) is 18.1 Å². The van der Waals surface area contributed by atoms with E-state index in [1.165, 1.54) is 0 Å². The lowest BCUT2D eigenvalue weighted by molar-refractivity contribution is 0.183. The molecule has 1 saturated heterocycles. The Morgan fingerprint density at radius 1 is 1.12 bits per heavy atom. The zero-order valence-electron chi connectivity index (χ0n) is 14.8. The second-order valence-electron chi connectivity index (χ2n) is 6.81. The molecule has 1 aromatic carbocycles. The summed E-state index contributed by atoms with van der Waals surface area (Å²) in [4.78, 5) is 4.40. The summed E-state index contributed by atoms with van der Waals surface area (Å²) in [5, 5.41) is 0. The molecule has 2 atom stereocenters. The van der Waals surface area contributed by atoms with Gasteiger partial charge in [0.25, 0.3) is 0 Å². The number of nitrogens with one attached hydrogen (secondary N) is 1. The van der Waals surface area contributed by atoms with Gasteiger partial charge in [-0.25, -0.2) is 13.1 Å². The van der Waals surface area contributed by atoms with Gasteiger partial charge in [-0.05, 0) is 56.0 Å². The Morgan fingerprint density at radius 3 is 2.40 bits per heavy atom. The summed E-state index contributed by atoms with van der Waals surface area (Å²) < 4.78 is 34.4. The van der Waals surface area contributed by atoms with Crippen LogP contribution in [-0.2, 0) is 21.2 Å². The number of sulfonamides is 1. The first-order chi connectivity index (χ1) is 11.9. The average molecular weight is 360 g/mol. The summed E-state index contributed by atoms with van der Waals surface area (Å²) in [6, 6.07) is 7.50. The fourth-order valence-corrected chi connectivity index (χ4v) is 5.34. The SMILES string of the molecule is Cc1cc(C)c(S(=O)(=O)N[C@H]2COC[C@H]2Cc2ccncc2)c(C)c1. The topological polar surface area (TPSA) is 68.3 Å². The second kappa shape index (κ2) is 7.23. The van der Waals surface area contributed by atoms with Crippen molar-refractivity contribution in [2.24, 2.45) is 5.92 Å². The fraction of sp³-hybridized carbons (Fsp3) is 0.421. The quantitative estimate of drug-likeness (QED) is 0.890. The smallest absolute Gasteiger partial charge is 0.241 e. The van der Waals surface area contributed by atoms with E-state index in [0.717, 1.165) is 28.7 Å². The Balaban J connectivity index is 1.80. The predicted octanol–water partition coefficient (Wildman–Crippen LogP) is 2.54. The van der Waals surface area contributed by atoms with Crippen LogP contribution in [0.25, 0.3) is 0 Å². The maximum absolute atomic E-state index is 13.0. The van der Waals surface area contributed by atoms with E-state index in [1.807, 2.05) is 45.0 Å². The second-order valence-corrected chi connectivity index (χ2v) is 8.46. The highest BCUT2D eigenvalue weighted by atomic mass is 32.2. The van der Waals surface area contributed by atoms with Crippen molar-refractivity contribution >= 4 is 10.0 Å². The minimum Gasteiger partial charge on any atom is -0.379 e. The molecule has 2 heterocycles. The van der Waals surface area contributed by atoms with Gasteiger partial charge in [0.15, 0.2) is 0 Å². The number of nitrogens with zero attached hydrogens (tertiary/aromatic N) is 1. The Morgan fingerprint density at radius 2 is 1.76 bits per heavy atom. The van der Waals surface area contributed by atoms with Gasteiger partial charge in [-0.2, -0.15) is 0 Å². The van der Waals surface area contributed by atoms with E-state index in [1.54, 1.807) is 12.4 Å². The highest BCUT2D eigenvalue weighted by Gasteiger charge is 2.33. The van der Waals surface area contributed by atoms with Crippen LogP contribution in [0.3, 0.4) is 0 Å². The molecular weight excluding hydrogens is 336 g/mol. The van der Waals surface area contributed by atoms with Crippen LogP contribution < -0.4 is 4.72 Å². The van der Waals surface area contributed by atoms with Gasteiger partial charge in [-0.3, -0.25) is 4.98 Å². The third-order valence-corrected chi connectivity index (χ3v) is 6.42. The molecule has 0 unspecified atom stereocenters. The maximum atomic E-state index is 13.0. The third-order valence-electron chi connectivity index (χ3n) is 4.63. The van der Waals surface area contributed by atoms with Crippen molar-refractivity contribution in [3.8, 4) is 0 Å². The number of benzene rings is 1. The summed E-state index contributed by atoms with van der Waals surface area (Å²) in [6.45, 7) is 6.61. The molecule has 3 rings (SSSR count). The normalized spacial score (nSPS) is 20.8. The molecule has 0 amide bonds. The molecule has 0 bridgehead atoms. The van der Waals surface area contributed by atoms with Crippen LogP contribution >= 0.6 is 0 Å². The van der Waals surface area contributed by atoms with E-state index >= 15 is 0 Å². The molecule has 1 aliphatic heterocycles. The predicted molar refractivity (Wildman–Crippen MR) is 97.0 cm³/mol. The Labute approximate surface area is 149 Å². The largest absolute Gasteiger partial charge is 0.379 e.